The van der Waals surface area contributed by atoms with E-state index in [2.05, 4.69) is 17.6 Å². The molecule has 2 aliphatic heterocycles. The fourth-order valence-electron chi connectivity index (χ4n) is 3.51. The lowest BCUT2D eigenvalue weighted by Gasteiger charge is -2.33. The van der Waals surface area contributed by atoms with Crippen molar-refractivity contribution in [2.75, 3.05) is 31.6 Å². The van der Waals surface area contributed by atoms with Gasteiger partial charge in [-0.2, -0.15) is 0 Å². The molecule has 3 rings (SSSR count). The minimum absolute atomic E-state index is 0.0284. The molecule has 2 aliphatic rings. The van der Waals surface area contributed by atoms with E-state index in [4.69, 9.17) is 16.3 Å². The maximum atomic E-state index is 12.8. The van der Waals surface area contributed by atoms with Crippen molar-refractivity contribution in [1.29, 1.82) is 0 Å². The van der Waals surface area contributed by atoms with Gasteiger partial charge in [0.2, 0.25) is 5.91 Å². The molecule has 0 aromatic heterocycles. The summed E-state index contributed by atoms with van der Waals surface area (Å²) < 4.78 is 5.35. The van der Waals surface area contributed by atoms with Gasteiger partial charge in [-0.25, -0.2) is 0 Å². The Kier molecular flexibility index (Phi) is 6.51. The number of morpholine rings is 1. The first-order valence-electron chi connectivity index (χ1n) is 9.26. The average molecular weight is 380 g/mol. The van der Waals surface area contributed by atoms with E-state index in [1.807, 2.05) is 4.90 Å². The summed E-state index contributed by atoms with van der Waals surface area (Å²) in [5.41, 5.74) is 1.08. The molecule has 0 bridgehead atoms. The highest BCUT2D eigenvalue weighted by Gasteiger charge is 2.26. The lowest BCUT2D eigenvalue weighted by Crippen LogP contribution is -2.43. The lowest BCUT2D eigenvalue weighted by molar-refractivity contribution is -0.117. The van der Waals surface area contributed by atoms with E-state index in [-0.39, 0.29) is 23.9 Å². The van der Waals surface area contributed by atoms with Crippen molar-refractivity contribution >= 4 is 29.1 Å². The van der Waals surface area contributed by atoms with E-state index in [9.17, 15) is 9.59 Å². The van der Waals surface area contributed by atoms with Crippen LogP contribution >= 0.6 is 11.6 Å². The smallest absolute Gasteiger partial charge is 0.255 e. The van der Waals surface area contributed by atoms with Crippen molar-refractivity contribution in [1.82, 2.24) is 10.2 Å². The fraction of sp³-hybridized carbons (Fsp3) is 0.579. The first-order chi connectivity index (χ1) is 12.5. The molecule has 0 spiro atoms. The summed E-state index contributed by atoms with van der Waals surface area (Å²) in [6.07, 6.45) is 3.55. The number of rotatable bonds is 4. The van der Waals surface area contributed by atoms with E-state index in [0.717, 1.165) is 32.4 Å². The van der Waals surface area contributed by atoms with Crippen LogP contribution in [0, 0.1) is 0 Å². The van der Waals surface area contributed by atoms with Gasteiger partial charge in [0, 0.05) is 37.3 Å². The third-order valence-electron chi connectivity index (χ3n) is 4.98. The third-order valence-corrected chi connectivity index (χ3v) is 5.29. The number of amides is 2. The topological polar surface area (TPSA) is 70.7 Å². The summed E-state index contributed by atoms with van der Waals surface area (Å²) in [7, 11) is 0. The number of hydrogen-bond acceptors (Lipinski definition) is 4. The maximum absolute atomic E-state index is 12.8. The number of carbonyl (C=O) groups is 2. The van der Waals surface area contributed by atoms with Gasteiger partial charge in [-0.05, 0) is 44.4 Å². The van der Waals surface area contributed by atoms with Crippen LogP contribution in [-0.4, -0.2) is 55.1 Å². The second-order valence-corrected chi connectivity index (χ2v) is 7.42. The van der Waals surface area contributed by atoms with Gasteiger partial charge in [-0.1, -0.05) is 11.6 Å². The number of halogens is 1. The molecule has 6 nitrogen and oxygen atoms in total. The van der Waals surface area contributed by atoms with Gasteiger partial charge in [-0.3, -0.25) is 9.59 Å². The number of anilines is 1. The normalized spacial score (nSPS) is 23.5. The van der Waals surface area contributed by atoms with Crippen molar-refractivity contribution < 1.29 is 14.3 Å². The molecule has 1 aromatic carbocycles. The van der Waals surface area contributed by atoms with Crippen molar-refractivity contribution in [2.24, 2.45) is 0 Å². The highest BCUT2D eigenvalue weighted by Crippen LogP contribution is 2.26. The molecule has 142 valence electrons. The van der Waals surface area contributed by atoms with Crippen LogP contribution in [0.3, 0.4) is 0 Å². The first kappa shape index (κ1) is 19.1. The zero-order valence-electron chi connectivity index (χ0n) is 15.1. The lowest BCUT2D eigenvalue weighted by atomic mass is 10.0. The summed E-state index contributed by atoms with van der Waals surface area (Å²) in [4.78, 5) is 26.8. The van der Waals surface area contributed by atoms with Crippen molar-refractivity contribution in [3.8, 4) is 0 Å². The standard InChI is InChI=1S/C19H26ClN3O3/c1-13-4-2-3-8-23(13)19(25)16-6-5-14(10-17(16)20)22-18(24)11-15-12-26-9-7-21-15/h5-6,10,13,15,21H,2-4,7-9,11-12H2,1H3,(H,22,24). The van der Waals surface area contributed by atoms with Crippen LogP contribution in [0.4, 0.5) is 5.69 Å². The summed E-state index contributed by atoms with van der Waals surface area (Å²) in [6, 6.07) is 5.34. The molecular weight excluding hydrogens is 354 g/mol. The Morgan fingerprint density at radius 2 is 2.23 bits per heavy atom. The number of hydrogen-bond donors (Lipinski definition) is 2. The Morgan fingerprint density at radius 1 is 1.38 bits per heavy atom. The van der Waals surface area contributed by atoms with Gasteiger partial charge in [-0.15, -0.1) is 0 Å². The van der Waals surface area contributed by atoms with Crippen molar-refractivity contribution in [2.45, 2.75) is 44.7 Å². The molecule has 2 fully saturated rings. The number of carbonyl (C=O) groups excluding carboxylic acids is 2. The quantitative estimate of drug-likeness (QED) is 0.843. The molecule has 26 heavy (non-hydrogen) atoms. The Bertz CT molecular complexity index is 661. The van der Waals surface area contributed by atoms with E-state index in [1.54, 1.807) is 18.2 Å². The highest BCUT2D eigenvalue weighted by atomic mass is 35.5. The van der Waals surface area contributed by atoms with Gasteiger partial charge in [0.1, 0.15) is 0 Å². The second-order valence-electron chi connectivity index (χ2n) is 7.02. The van der Waals surface area contributed by atoms with E-state index in [0.29, 0.717) is 35.9 Å². The number of nitrogens with one attached hydrogen (secondary N) is 2. The van der Waals surface area contributed by atoms with E-state index < -0.39 is 0 Å². The number of ether oxygens (including phenoxy) is 1. The minimum atomic E-state index is -0.104. The number of likely N-dealkylation sites (tertiary alicyclic amines) is 1. The van der Waals surface area contributed by atoms with Crippen molar-refractivity contribution in [3.05, 3.63) is 28.8 Å². The largest absolute Gasteiger partial charge is 0.378 e. The molecule has 2 unspecified atom stereocenters. The molecule has 0 radical (unpaired) electrons. The summed E-state index contributed by atoms with van der Waals surface area (Å²) in [5, 5.41) is 6.46. The van der Waals surface area contributed by atoms with E-state index >= 15 is 0 Å². The molecule has 1 aromatic rings. The number of piperidine rings is 1. The Morgan fingerprint density at radius 3 is 2.92 bits per heavy atom. The molecule has 7 heteroatoms. The summed E-state index contributed by atoms with van der Waals surface area (Å²) in [6.45, 7) is 4.82. The SMILES string of the molecule is CC1CCCCN1C(=O)c1ccc(NC(=O)CC2COCCN2)cc1Cl. The maximum Gasteiger partial charge on any atom is 0.255 e. The van der Waals surface area contributed by atoms with Crippen LogP contribution < -0.4 is 10.6 Å². The predicted molar refractivity (Wildman–Crippen MR) is 102 cm³/mol. The minimum Gasteiger partial charge on any atom is -0.378 e. The van der Waals surface area contributed by atoms with Gasteiger partial charge < -0.3 is 20.3 Å². The van der Waals surface area contributed by atoms with Gasteiger partial charge in [0.15, 0.2) is 0 Å². The Hall–Kier alpha value is -1.63. The van der Waals surface area contributed by atoms with Gasteiger partial charge >= 0.3 is 0 Å². The first-order valence-corrected chi connectivity index (χ1v) is 9.64. The van der Waals surface area contributed by atoms with Crippen LogP contribution in [0.1, 0.15) is 43.0 Å². The molecule has 2 amide bonds. The second kappa shape index (κ2) is 8.84. The molecule has 0 saturated carbocycles. The monoisotopic (exact) mass is 379 g/mol. The van der Waals surface area contributed by atoms with Crippen LogP contribution in [0.5, 0.6) is 0 Å². The van der Waals surface area contributed by atoms with Gasteiger partial charge in [0.05, 0.1) is 23.8 Å². The number of nitrogens with zero attached hydrogens (tertiary/aromatic N) is 1. The third kappa shape index (κ3) is 4.75. The van der Waals surface area contributed by atoms with Crippen molar-refractivity contribution in [3.63, 3.8) is 0 Å². The Labute approximate surface area is 159 Å². The van der Waals surface area contributed by atoms with Crippen LogP contribution in [-0.2, 0) is 9.53 Å². The molecule has 2 atom stereocenters. The van der Waals surface area contributed by atoms with Crippen LogP contribution in [0.15, 0.2) is 18.2 Å². The fourth-order valence-corrected chi connectivity index (χ4v) is 3.77. The Balaban J connectivity index is 1.61. The zero-order chi connectivity index (χ0) is 18.5. The van der Waals surface area contributed by atoms with Gasteiger partial charge in [0.25, 0.3) is 5.91 Å². The molecule has 2 heterocycles. The predicted octanol–water partition coefficient (Wildman–Crippen LogP) is 2.67. The number of benzene rings is 1. The summed E-state index contributed by atoms with van der Waals surface area (Å²) >= 11 is 6.34. The summed E-state index contributed by atoms with van der Waals surface area (Å²) in [5.74, 6) is -0.142. The molecule has 2 saturated heterocycles. The van der Waals surface area contributed by atoms with Crippen LogP contribution in [0.2, 0.25) is 5.02 Å². The molecule has 0 aliphatic carbocycles. The molecule has 2 N–H and O–H groups in total. The zero-order valence-corrected chi connectivity index (χ0v) is 15.8. The highest BCUT2D eigenvalue weighted by molar-refractivity contribution is 6.34. The van der Waals surface area contributed by atoms with Crippen LogP contribution in [0.25, 0.3) is 0 Å². The van der Waals surface area contributed by atoms with E-state index in [1.165, 1.54) is 0 Å². The molecular formula is C19H26ClN3O3. The average Bonchev–Trinajstić information content (AvgIpc) is 2.62.